The lowest BCUT2D eigenvalue weighted by atomic mass is 9.99. The molecule has 0 fully saturated rings. The number of aryl methyl sites for hydroxylation is 1. The van der Waals surface area contributed by atoms with Crippen LogP contribution in [0.1, 0.15) is 23.6 Å². The molecule has 0 heterocycles. The highest BCUT2D eigenvalue weighted by atomic mass is 19.2. The van der Waals surface area contributed by atoms with Gasteiger partial charge in [-0.1, -0.05) is 12.1 Å². The summed E-state index contributed by atoms with van der Waals surface area (Å²) in [6, 6.07) is 8.79. The van der Waals surface area contributed by atoms with Gasteiger partial charge in [-0.2, -0.15) is 0 Å². The number of hydrogen-bond acceptors (Lipinski definition) is 2. The van der Waals surface area contributed by atoms with Crippen LogP contribution < -0.4 is 10.5 Å². The number of ether oxygens (including phenoxy) is 1. The van der Waals surface area contributed by atoms with Crippen molar-refractivity contribution in [3.8, 4) is 5.75 Å². The molecule has 1 atom stereocenters. The van der Waals surface area contributed by atoms with Crippen molar-refractivity contribution in [3.05, 3.63) is 65.0 Å². The van der Waals surface area contributed by atoms with Crippen LogP contribution in [0.2, 0.25) is 0 Å². The molecule has 0 aliphatic carbocycles. The van der Waals surface area contributed by atoms with Crippen LogP contribution in [0.4, 0.5) is 13.2 Å². The first-order valence-corrected chi connectivity index (χ1v) is 6.54. The molecule has 1 unspecified atom stereocenters. The van der Waals surface area contributed by atoms with Gasteiger partial charge in [-0.05, 0) is 48.2 Å². The smallest absolute Gasteiger partial charge is 0.194 e. The van der Waals surface area contributed by atoms with E-state index in [-0.39, 0.29) is 5.56 Å². The molecule has 2 aromatic carbocycles. The van der Waals surface area contributed by atoms with E-state index < -0.39 is 23.5 Å². The highest BCUT2D eigenvalue weighted by Gasteiger charge is 2.14. The minimum Gasteiger partial charge on any atom is -0.497 e. The Labute approximate surface area is 121 Å². The molecule has 0 radical (unpaired) electrons. The van der Waals surface area contributed by atoms with Crippen LogP contribution in [0.25, 0.3) is 0 Å². The lowest BCUT2D eigenvalue weighted by molar-refractivity contribution is 0.414. The molecule has 21 heavy (non-hydrogen) atoms. The van der Waals surface area contributed by atoms with Crippen molar-refractivity contribution in [2.24, 2.45) is 5.73 Å². The topological polar surface area (TPSA) is 35.2 Å². The normalized spacial score (nSPS) is 12.2. The fourth-order valence-corrected chi connectivity index (χ4v) is 2.07. The van der Waals surface area contributed by atoms with E-state index in [9.17, 15) is 13.2 Å². The molecule has 5 heteroatoms. The Balaban J connectivity index is 2.02. The van der Waals surface area contributed by atoms with Gasteiger partial charge in [0, 0.05) is 6.04 Å². The van der Waals surface area contributed by atoms with Gasteiger partial charge in [0.1, 0.15) is 5.75 Å². The number of benzene rings is 2. The van der Waals surface area contributed by atoms with Crippen molar-refractivity contribution in [2.45, 2.75) is 18.9 Å². The second kappa shape index (κ2) is 6.63. The van der Waals surface area contributed by atoms with Gasteiger partial charge in [0.2, 0.25) is 0 Å². The van der Waals surface area contributed by atoms with Crippen molar-refractivity contribution in [1.29, 1.82) is 0 Å². The van der Waals surface area contributed by atoms with E-state index in [0.29, 0.717) is 12.8 Å². The quantitative estimate of drug-likeness (QED) is 0.853. The SMILES string of the molecule is COc1ccc(CCC(N)c2cc(F)c(F)c(F)c2)cc1. The first-order valence-electron chi connectivity index (χ1n) is 6.54. The van der Waals surface area contributed by atoms with Crippen LogP contribution in [0.3, 0.4) is 0 Å². The summed E-state index contributed by atoms with van der Waals surface area (Å²) in [5.74, 6) is -3.15. The van der Waals surface area contributed by atoms with Crippen LogP contribution in [-0.4, -0.2) is 7.11 Å². The van der Waals surface area contributed by atoms with Gasteiger partial charge in [-0.15, -0.1) is 0 Å². The first-order chi connectivity index (χ1) is 10.0. The molecule has 0 saturated carbocycles. The molecular formula is C16H16F3NO. The van der Waals surface area contributed by atoms with Gasteiger partial charge in [0.15, 0.2) is 17.5 Å². The zero-order chi connectivity index (χ0) is 15.4. The van der Waals surface area contributed by atoms with E-state index in [2.05, 4.69) is 0 Å². The van der Waals surface area contributed by atoms with E-state index in [1.165, 1.54) is 0 Å². The maximum atomic E-state index is 13.2. The van der Waals surface area contributed by atoms with E-state index in [1.807, 2.05) is 24.3 Å². The summed E-state index contributed by atoms with van der Waals surface area (Å²) in [6.07, 6.45) is 1.14. The minimum absolute atomic E-state index is 0.250. The van der Waals surface area contributed by atoms with E-state index in [1.54, 1.807) is 7.11 Å². The lowest BCUT2D eigenvalue weighted by Gasteiger charge is -2.13. The van der Waals surface area contributed by atoms with Crippen LogP contribution in [0.15, 0.2) is 36.4 Å². The molecule has 0 saturated heterocycles. The summed E-state index contributed by atoms with van der Waals surface area (Å²) in [6.45, 7) is 0. The maximum absolute atomic E-state index is 13.2. The molecule has 2 rings (SSSR count). The van der Waals surface area contributed by atoms with E-state index in [0.717, 1.165) is 23.4 Å². The Morgan fingerprint density at radius 3 is 2.14 bits per heavy atom. The molecule has 2 nitrogen and oxygen atoms in total. The third-order valence-corrected chi connectivity index (χ3v) is 3.34. The third-order valence-electron chi connectivity index (χ3n) is 3.34. The van der Waals surface area contributed by atoms with Gasteiger partial charge in [-0.3, -0.25) is 0 Å². The van der Waals surface area contributed by atoms with Gasteiger partial charge in [0.25, 0.3) is 0 Å². The lowest BCUT2D eigenvalue weighted by Crippen LogP contribution is -2.12. The van der Waals surface area contributed by atoms with E-state index in [4.69, 9.17) is 10.5 Å². The van der Waals surface area contributed by atoms with Crippen LogP contribution >= 0.6 is 0 Å². The number of halogens is 3. The zero-order valence-electron chi connectivity index (χ0n) is 11.6. The predicted molar refractivity (Wildman–Crippen MR) is 74.6 cm³/mol. The fraction of sp³-hybridized carbons (Fsp3) is 0.250. The van der Waals surface area contributed by atoms with Gasteiger partial charge in [0.05, 0.1) is 7.11 Å². The Hall–Kier alpha value is -2.01. The van der Waals surface area contributed by atoms with Crippen molar-refractivity contribution in [2.75, 3.05) is 7.11 Å². The summed E-state index contributed by atoms with van der Waals surface area (Å²) in [7, 11) is 1.59. The summed E-state index contributed by atoms with van der Waals surface area (Å²) < 4.78 is 44.3. The average Bonchev–Trinajstić information content (AvgIpc) is 2.50. The van der Waals surface area contributed by atoms with Crippen LogP contribution in [-0.2, 0) is 6.42 Å². The van der Waals surface area contributed by atoms with Crippen molar-refractivity contribution in [1.82, 2.24) is 0 Å². The standard InChI is InChI=1S/C16H16F3NO/c1-21-12-5-2-10(3-6-12)4-7-15(20)11-8-13(17)16(19)14(18)9-11/h2-3,5-6,8-9,15H,4,7,20H2,1H3. The molecule has 0 spiro atoms. The molecular weight excluding hydrogens is 279 g/mol. The number of methoxy groups -OCH3 is 1. The van der Waals surface area contributed by atoms with Crippen LogP contribution in [0.5, 0.6) is 5.75 Å². The summed E-state index contributed by atoms with van der Waals surface area (Å²) in [5.41, 5.74) is 7.19. The molecule has 0 aromatic heterocycles. The molecule has 0 bridgehead atoms. The average molecular weight is 295 g/mol. The Morgan fingerprint density at radius 2 is 1.62 bits per heavy atom. The fourth-order valence-electron chi connectivity index (χ4n) is 2.07. The van der Waals surface area contributed by atoms with Gasteiger partial charge < -0.3 is 10.5 Å². The number of nitrogens with two attached hydrogens (primary N) is 1. The van der Waals surface area contributed by atoms with Crippen molar-refractivity contribution < 1.29 is 17.9 Å². The molecule has 2 N–H and O–H groups in total. The molecule has 2 aromatic rings. The predicted octanol–water partition coefficient (Wildman–Crippen LogP) is 3.75. The Bertz CT molecular complexity index is 590. The summed E-state index contributed by atoms with van der Waals surface area (Å²) in [4.78, 5) is 0. The van der Waals surface area contributed by atoms with Crippen LogP contribution in [0, 0.1) is 17.5 Å². The maximum Gasteiger partial charge on any atom is 0.194 e. The number of hydrogen-bond donors (Lipinski definition) is 1. The summed E-state index contributed by atoms with van der Waals surface area (Å²) >= 11 is 0. The van der Waals surface area contributed by atoms with E-state index >= 15 is 0 Å². The monoisotopic (exact) mass is 295 g/mol. The minimum atomic E-state index is -1.47. The molecule has 0 aliphatic rings. The molecule has 0 amide bonds. The summed E-state index contributed by atoms with van der Waals surface area (Å²) in [5, 5.41) is 0. The highest BCUT2D eigenvalue weighted by Crippen LogP contribution is 2.22. The van der Waals surface area contributed by atoms with Gasteiger partial charge >= 0.3 is 0 Å². The number of rotatable bonds is 5. The first kappa shape index (κ1) is 15.4. The largest absolute Gasteiger partial charge is 0.497 e. The molecule has 112 valence electrons. The Kier molecular flexibility index (Phi) is 4.85. The second-order valence-corrected chi connectivity index (χ2v) is 4.79. The second-order valence-electron chi connectivity index (χ2n) is 4.79. The van der Waals surface area contributed by atoms with Crippen molar-refractivity contribution in [3.63, 3.8) is 0 Å². The zero-order valence-corrected chi connectivity index (χ0v) is 11.6. The molecule has 0 aliphatic heterocycles. The highest BCUT2D eigenvalue weighted by molar-refractivity contribution is 5.28. The third kappa shape index (κ3) is 3.76. The Morgan fingerprint density at radius 1 is 1.05 bits per heavy atom. The van der Waals surface area contributed by atoms with Gasteiger partial charge in [-0.25, -0.2) is 13.2 Å². The van der Waals surface area contributed by atoms with Crippen molar-refractivity contribution >= 4 is 0 Å².